The molecule has 4 heteroatoms. The van der Waals surface area contributed by atoms with Crippen molar-refractivity contribution in [2.75, 3.05) is 19.7 Å². The van der Waals surface area contributed by atoms with Gasteiger partial charge >= 0.3 is 0 Å². The van der Waals surface area contributed by atoms with Gasteiger partial charge in [0.1, 0.15) is 5.82 Å². The number of hydrogen-bond acceptors (Lipinski definition) is 2. The molecule has 2 fully saturated rings. The Morgan fingerprint density at radius 3 is 2.95 bits per heavy atom. The summed E-state index contributed by atoms with van der Waals surface area (Å²) in [6.07, 6.45) is 4.62. The Balaban J connectivity index is 1.86. The van der Waals surface area contributed by atoms with Crippen LogP contribution in [0.4, 0.5) is 4.39 Å². The lowest BCUT2D eigenvalue weighted by atomic mass is 9.74. The highest BCUT2D eigenvalue weighted by Gasteiger charge is 2.50. The summed E-state index contributed by atoms with van der Waals surface area (Å²) >= 11 is 6.29. The quantitative estimate of drug-likeness (QED) is 0.862. The fraction of sp³-hybridized carbons (Fsp3) is 0.647. The fourth-order valence-corrected chi connectivity index (χ4v) is 3.80. The van der Waals surface area contributed by atoms with Crippen LogP contribution in [0, 0.1) is 17.2 Å². The molecular weight excluding hydrogens is 289 g/mol. The number of rotatable bonds is 6. The SMILES string of the molecule is CCNCC1(Cc2cc(F)ccc2Cl)CCOC1C1CC1. The maximum atomic E-state index is 13.6. The van der Waals surface area contributed by atoms with Crippen LogP contribution in [-0.2, 0) is 11.2 Å². The Labute approximate surface area is 131 Å². The van der Waals surface area contributed by atoms with E-state index in [0.29, 0.717) is 10.9 Å². The van der Waals surface area contributed by atoms with E-state index >= 15 is 0 Å². The first kappa shape index (κ1) is 15.3. The summed E-state index contributed by atoms with van der Waals surface area (Å²) in [5.41, 5.74) is 0.958. The maximum Gasteiger partial charge on any atom is 0.123 e. The zero-order chi connectivity index (χ0) is 14.9. The van der Waals surface area contributed by atoms with Crippen molar-refractivity contribution in [3.05, 3.63) is 34.6 Å². The van der Waals surface area contributed by atoms with Crippen molar-refractivity contribution in [3.63, 3.8) is 0 Å². The Morgan fingerprint density at radius 1 is 1.43 bits per heavy atom. The molecule has 1 saturated carbocycles. The van der Waals surface area contributed by atoms with E-state index in [1.165, 1.54) is 18.9 Å². The first-order chi connectivity index (χ1) is 10.1. The third kappa shape index (κ3) is 3.25. The summed E-state index contributed by atoms with van der Waals surface area (Å²) in [6, 6.07) is 4.67. The standard InChI is InChI=1S/C17H23ClFNO/c1-2-20-11-17(7-8-21-16(17)12-3-4-12)10-13-9-14(19)5-6-15(13)18/h5-6,9,12,16,20H,2-4,7-8,10-11H2,1H3. The van der Waals surface area contributed by atoms with Crippen LogP contribution in [0.3, 0.4) is 0 Å². The average molecular weight is 312 g/mol. The van der Waals surface area contributed by atoms with Crippen LogP contribution < -0.4 is 5.32 Å². The number of halogens is 2. The van der Waals surface area contributed by atoms with E-state index in [1.54, 1.807) is 12.1 Å². The first-order valence-corrected chi connectivity index (χ1v) is 8.29. The number of nitrogens with one attached hydrogen (secondary N) is 1. The van der Waals surface area contributed by atoms with Gasteiger partial charge in [-0.25, -0.2) is 4.39 Å². The number of ether oxygens (including phenoxy) is 1. The van der Waals surface area contributed by atoms with Crippen LogP contribution in [0.5, 0.6) is 0 Å². The van der Waals surface area contributed by atoms with Crippen molar-refractivity contribution in [1.82, 2.24) is 5.32 Å². The molecule has 1 aliphatic heterocycles. The molecule has 2 unspecified atom stereocenters. The van der Waals surface area contributed by atoms with Crippen LogP contribution in [-0.4, -0.2) is 25.8 Å². The van der Waals surface area contributed by atoms with Crippen LogP contribution in [0.1, 0.15) is 31.7 Å². The van der Waals surface area contributed by atoms with E-state index in [1.807, 2.05) is 0 Å². The van der Waals surface area contributed by atoms with E-state index in [2.05, 4.69) is 12.2 Å². The second-order valence-electron chi connectivity index (χ2n) is 6.43. The van der Waals surface area contributed by atoms with Gasteiger partial charge in [0.05, 0.1) is 6.10 Å². The molecule has 116 valence electrons. The molecule has 1 heterocycles. The molecule has 0 spiro atoms. The van der Waals surface area contributed by atoms with Gasteiger partial charge in [0.2, 0.25) is 0 Å². The van der Waals surface area contributed by atoms with E-state index in [0.717, 1.165) is 38.1 Å². The normalized spacial score (nSPS) is 29.0. The Hall–Kier alpha value is -0.640. The molecule has 1 aromatic rings. The molecule has 1 aliphatic carbocycles. The topological polar surface area (TPSA) is 21.3 Å². The van der Waals surface area contributed by atoms with Gasteiger partial charge < -0.3 is 10.1 Å². The molecule has 0 bridgehead atoms. The van der Waals surface area contributed by atoms with Gasteiger partial charge in [0, 0.05) is 23.6 Å². The third-order valence-electron chi connectivity index (χ3n) is 4.83. The van der Waals surface area contributed by atoms with Gasteiger partial charge in [0.15, 0.2) is 0 Å². The Morgan fingerprint density at radius 2 is 2.24 bits per heavy atom. The molecule has 21 heavy (non-hydrogen) atoms. The number of benzene rings is 1. The van der Waals surface area contributed by atoms with Crippen LogP contribution in [0.15, 0.2) is 18.2 Å². The van der Waals surface area contributed by atoms with Gasteiger partial charge in [0.25, 0.3) is 0 Å². The van der Waals surface area contributed by atoms with Crippen LogP contribution >= 0.6 is 11.6 Å². The van der Waals surface area contributed by atoms with Crippen LogP contribution in [0.2, 0.25) is 5.02 Å². The third-order valence-corrected chi connectivity index (χ3v) is 5.20. The highest BCUT2D eigenvalue weighted by molar-refractivity contribution is 6.31. The molecule has 2 atom stereocenters. The van der Waals surface area contributed by atoms with Crippen LogP contribution in [0.25, 0.3) is 0 Å². The van der Waals surface area contributed by atoms with Gasteiger partial charge in [-0.05, 0) is 61.9 Å². The zero-order valence-electron chi connectivity index (χ0n) is 12.5. The molecular formula is C17H23ClFNO. The molecule has 1 saturated heterocycles. The molecule has 2 nitrogen and oxygen atoms in total. The minimum absolute atomic E-state index is 0.0502. The summed E-state index contributed by atoms with van der Waals surface area (Å²) in [4.78, 5) is 0. The Bertz CT molecular complexity index is 506. The van der Waals surface area contributed by atoms with Crippen molar-refractivity contribution < 1.29 is 9.13 Å². The minimum Gasteiger partial charge on any atom is -0.377 e. The predicted molar refractivity (Wildman–Crippen MR) is 83.2 cm³/mol. The maximum absolute atomic E-state index is 13.6. The van der Waals surface area contributed by atoms with Crippen molar-refractivity contribution in [1.29, 1.82) is 0 Å². The highest BCUT2D eigenvalue weighted by Crippen LogP contribution is 2.49. The summed E-state index contributed by atoms with van der Waals surface area (Å²) < 4.78 is 19.6. The van der Waals surface area contributed by atoms with E-state index < -0.39 is 0 Å². The molecule has 1 N–H and O–H groups in total. The van der Waals surface area contributed by atoms with Crippen molar-refractivity contribution in [2.45, 2.75) is 38.7 Å². The minimum atomic E-state index is -0.213. The van der Waals surface area contributed by atoms with E-state index in [4.69, 9.17) is 16.3 Å². The first-order valence-electron chi connectivity index (χ1n) is 7.91. The molecule has 2 aliphatic rings. The lowest BCUT2D eigenvalue weighted by molar-refractivity contribution is 0.0308. The molecule has 0 aromatic heterocycles. The smallest absolute Gasteiger partial charge is 0.123 e. The monoisotopic (exact) mass is 311 g/mol. The van der Waals surface area contributed by atoms with Crippen molar-refractivity contribution in [2.24, 2.45) is 11.3 Å². The van der Waals surface area contributed by atoms with Crippen molar-refractivity contribution >= 4 is 11.6 Å². The lowest BCUT2D eigenvalue weighted by Crippen LogP contribution is -2.43. The zero-order valence-corrected chi connectivity index (χ0v) is 13.3. The summed E-state index contributed by atoms with van der Waals surface area (Å²) in [5.74, 6) is 0.466. The second-order valence-corrected chi connectivity index (χ2v) is 6.84. The second kappa shape index (κ2) is 6.23. The summed E-state index contributed by atoms with van der Waals surface area (Å²) in [7, 11) is 0. The van der Waals surface area contributed by atoms with Gasteiger partial charge in [-0.2, -0.15) is 0 Å². The molecule has 0 radical (unpaired) electrons. The fourth-order valence-electron chi connectivity index (χ4n) is 3.62. The number of hydrogen-bond donors (Lipinski definition) is 1. The van der Waals surface area contributed by atoms with Gasteiger partial charge in [-0.3, -0.25) is 0 Å². The molecule has 1 aromatic carbocycles. The lowest BCUT2D eigenvalue weighted by Gasteiger charge is -2.35. The van der Waals surface area contributed by atoms with Gasteiger partial charge in [-0.1, -0.05) is 18.5 Å². The molecule has 3 rings (SSSR count). The van der Waals surface area contributed by atoms with Gasteiger partial charge in [-0.15, -0.1) is 0 Å². The van der Waals surface area contributed by atoms with E-state index in [9.17, 15) is 4.39 Å². The highest BCUT2D eigenvalue weighted by atomic mass is 35.5. The summed E-state index contributed by atoms with van der Waals surface area (Å²) in [5, 5.41) is 4.14. The predicted octanol–water partition coefficient (Wildman–Crippen LogP) is 3.82. The average Bonchev–Trinajstić information content (AvgIpc) is 3.23. The summed E-state index contributed by atoms with van der Waals surface area (Å²) in [6.45, 7) is 4.78. The van der Waals surface area contributed by atoms with Crippen molar-refractivity contribution in [3.8, 4) is 0 Å². The Kier molecular flexibility index (Phi) is 4.53. The van der Waals surface area contributed by atoms with E-state index in [-0.39, 0.29) is 17.3 Å². The molecule has 0 amide bonds. The largest absolute Gasteiger partial charge is 0.377 e.